The Labute approximate surface area is 113 Å². The molecular formula is C15H19ClN2. The summed E-state index contributed by atoms with van der Waals surface area (Å²) < 4.78 is 2.41. The van der Waals surface area contributed by atoms with Crippen molar-refractivity contribution in [2.24, 2.45) is 5.92 Å². The second kappa shape index (κ2) is 4.93. The number of imidazole rings is 1. The summed E-state index contributed by atoms with van der Waals surface area (Å²) in [6.07, 6.45) is 4.99. The number of halogens is 1. The summed E-state index contributed by atoms with van der Waals surface area (Å²) in [5.74, 6) is 2.64. The minimum atomic E-state index is 0.646. The number of para-hydroxylation sites is 1. The largest absolute Gasteiger partial charge is 0.327 e. The van der Waals surface area contributed by atoms with Gasteiger partial charge in [-0.3, -0.25) is 0 Å². The molecule has 1 aromatic carbocycles. The van der Waals surface area contributed by atoms with E-state index >= 15 is 0 Å². The summed E-state index contributed by atoms with van der Waals surface area (Å²) in [4.78, 5) is 4.75. The van der Waals surface area contributed by atoms with Crippen molar-refractivity contribution in [2.75, 3.05) is 5.88 Å². The first-order valence-electron chi connectivity index (χ1n) is 6.80. The van der Waals surface area contributed by atoms with Crippen molar-refractivity contribution in [3.63, 3.8) is 0 Å². The van der Waals surface area contributed by atoms with Gasteiger partial charge in [0.15, 0.2) is 0 Å². The Morgan fingerprint density at radius 3 is 2.89 bits per heavy atom. The molecule has 18 heavy (non-hydrogen) atoms. The van der Waals surface area contributed by atoms with Gasteiger partial charge in [-0.25, -0.2) is 4.98 Å². The Balaban J connectivity index is 2.07. The highest BCUT2D eigenvalue weighted by molar-refractivity contribution is 6.17. The number of aryl methyl sites for hydroxylation is 2. The van der Waals surface area contributed by atoms with Gasteiger partial charge >= 0.3 is 0 Å². The fraction of sp³-hybridized carbons (Fsp3) is 0.533. The van der Waals surface area contributed by atoms with Gasteiger partial charge in [0.2, 0.25) is 0 Å². The molecule has 0 radical (unpaired) electrons. The highest BCUT2D eigenvalue weighted by Crippen LogP contribution is 2.30. The quantitative estimate of drug-likeness (QED) is 0.764. The lowest BCUT2D eigenvalue weighted by molar-refractivity contribution is 0.277. The number of benzene rings is 1. The van der Waals surface area contributed by atoms with Gasteiger partial charge in [-0.05, 0) is 37.3 Å². The smallest absolute Gasteiger partial charge is 0.111 e. The van der Waals surface area contributed by atoms with Crippen molar-refractivity contribution in [3.05, 3.63) is 29.6 Å². The van der Waals surface area contributed by atoms with Crippen molar-refractivity contribution < 1.29 is 0 Å². The first-order valence-corrected chi connectivity index (χ1v) is 7.33. The van der Waals surface area contributed by atoms with E-state index in [1.807, 2.05) is 0 Å². The van der Waals surface area contributed by atoms with Gasteiger partial charge in [0.05, 0.1) is 11.0 Å². The molecule has 0 saturated heterocycles. The lowest BCUT2D eigenvalue weighted by Crippen LogP contribution is -2.19. The SMILES string of the molecule is Cc1cccc2nc(CCCl)n(CC3CCC3)c12. The van der Waals surface area contributed by atoms with E-state index in [9.17, 15) is 0 Å². The molecule has 0 bridgehead atoms. The number of nitrogens with zero attached hydrogens (tertiary/aromatic N) is 2. The van der Waals surface area contributed by atoms with Crippen molar-refractivity contribution in [2.45, 2.75) is 39.2 Å². The number of fused-ring (bicyclic) bond motifs is 1. The Kier molecular flexibility index (Phi) is 3.29. The zero-order valence-electron chi connectivity index (χ0n) is 10.8. The molecule has 0 unspecified atom stereocenters. The maximum atomic E-state index is 5.91. The number of aromatic nitrogens is 2. The van der Waals surface area contributed by atoms with Gasteiger partial charge in [0.1, 0.15) is 5.82 Å². The summed E-state index contributed by atoms with van der Waals surface area (Å²) >= 11 is 5.91. The Morgan fingerprint density at radius 2 is 2.22 bits per heavy atom. The van der Waals surface area contributed by atoms with E-state index in [0.717, 1.165) is 30.2 Å². The number of hydrogen-bond acceptors (Lipinski definition) is 1. The van der Waals surface area contributed by atoms with Crippen LogP contribution < -0.4 is 0 Å². The minimum Gasteiger partial charge on any atom is -0.327 e. The predicted molar refractivity (Wildman–Crippen MR) is 76.2 cm³/mol. The van der Waals surface area contributed by atoms with E-state index in [4.69, 9.17) is 16.6 Å². The molecule has 2 aromatic rings. The normalized spacial score (nSPS) is 16.1. The second-order valence-electron chi connectivity index (χ2n) is 5.32. The maximum Gasteiger partial charge on any atom is 0.111 e. The van der Waals surface area contributed by atoms with Crippen LogP contribution in [0.4, 0.5) is 0 Å². The molecule has 1 aliphatic carbocycles. The van der Waals surface area contributed by atoms with Crippen molar-refractivity contribution in [3.8, 4) is 0 Å². The Hall–Kier alpha value is -1.02. The van der Waals surface area contributed by atoms with Crippen LogP contribution in [0.3, 0.4) is 0 Å². The molecule has 0 atom stereocenters. The van der Waals surface area contributed by atoms with Gasteiger partial charge in [-0.1, -0.05) is 18.6 Å². The van der Waals surface area contributed by atoms with Crippen LogP contribution in [-0.4, -0.2) is 15.4 Å². The highest BCUT2D eigenvalue weighted by atomic mass is 35.5. The topological polar surface area (TPSA) is 17.8 Å². The molecule has 1 saturated carbocycles. The van der Waals surface area contributed by atoms with Gasteiger partial charge in [-0.2, -0.15) is 0 Å². The zero-order chi connectivity index (χ0) is 12.5. The third-order valence-corrected chi connectivity index (χ3v) is 4.22. The molecule has 0 N–H and O–H groups in total. The zero-order valence-corrected chi connectivity index (χ0v) is 11.6. The lowest BCUT2D eigenvalue weighted by Gasteiger charge is -2.27. The standard InChI is InChI=1S/C15H19ClN2/c1-11-4-2-7-13-15(11)18(10-12-5-3-6-12)14(17-13)8-9-16/h2,4,7,12H,3,5-6,8-10H2,1H3. The molecule has 1 heterocycles. The molecule has 0 amide bonds. The second-order valence-corrected chi connectivity index (χ2v) is 5.70. The van der Waals surface area contributed by atoms with E-state index in [1.165, 1.54) is 30.3 Å². The van der Waals surface area contributed by atoms with E-state index in [2.05, 4.69) is 29.7 Å². The number of rotatable bonds is 4. The molecule has 96 valence electrons. The predicted octanol–water partition coefficient (Wildman–Crippen LogP) is 3.93. The molecule has 2 nitrogen and oxygen atoms in total. The average molecular weight is 263 g/mol. The minimum absolute atomic E-state index is 0.646. The summed E-state index contributed by atoms with van der Waals surface area (Å²) in [6, 6.07) is 6.37. The summed E-state index contributed by atoms with van der Waals surface area (Å²) in [6.45, 7) is 3.29. The average Bonchev–Trinajstić information content (AvgIpc) is 2.63. The molecule has 1 aromatic heterocycles. The van der Waals surface area contributed by atoms with Gasteiger partial charge in [-0.15, -0.1) is 11.6 Å². The monoisotopic (exact) mass is 262 g/mol. The first-order chi connectivity index (χ1) is 8.79. The van der Waals surface area contributed by atoms with Crippen LogP contribution in [0.15, 0.2) is 18.2 Å². The molecule has 0 aliphatic heterocycles. The fourth-order valence-corrected chi connectivity index (χ4v) is 2.99. The lowest BCUT2D eigenvalue weighted by atomic mass is 9.85. The summed E-state index contributed by atoms with van der Waals surface area (Å²) in [5, 5.41) is 0. The molecule has 0 spiro atoms. The van der Waals surface area contributed by atoms with E-state index in [0.29, 0.717) is 5.88 Å². The molecule has 1 fully saturated rings. The third-order valence-electron chi connectivity index (χ3n) is 4.03. The first kappa shape index (κ1) is 12.0. The Bertz CT molecular complexity index is 555. The van der Waals surface area contributed by atoms with Crippen LogP contribution >= 0.6 is 11.6 Å². The van der Waals surface area contributed by atoms with Crippen LogP contribution in [0, 0.1) is 12.8 Å². The van der Waals surface area contributed by atoms with E-state index in [1.54, 1.807) is 0 Å². The maximum absolute atomic E-state index is 5.91. The summed E-state index contributed by atoms with van der Waals surface area (Å²) in [5.41, 5.74) is 3.75. The van der Waals surface area contributed by atoms with Crippen LogP contribution in [0.5, 0.6) is 0 Å². The Morgan fingerprint density at radius 1 is 1.39 bits per heavy atom. The van der Waals surface area contributed by atoms with Crippen molar-refractivity contribution >= 4 is 22.6 Å². The molecule has 3 heteroatoms. The fourth-order valence-electron chi connectivity index (χ4n) is 2.82. The van der Waals surface area contributed by atoms with Crippen LogP contribution in [-0.2, 0) is 13.0 Å². The van der Waals surface area contributed by atoms with Crippen LogP contribution in [0.25, 0.3) is 11.0 Å². The molecule has 3 rings (SSSR count). The van der Waals surface area contributed by atoms with Crippen LogP contribution in [0.1, 0.15) is 30.7 Å². The highest BCUT2D eigenvalue weighted by Gasteiger charge is 2.21. The van der Waals surface area contributed by atoms with E-state index in [-0.39, 0.29) is 0 Å². The number of hydrogen-bond donors (Lipinski definition) is 0. The van der Waals surface area contributed by atoms with Crippen molar-refractivity contribution in [1.82, 2.24) is 9.55 Å². The molecule has 1 aliphatic rings. The van der Waals surface area contributed by atoms with Crippen LogP contribution in [0.2, 0.25) is 0 Å². The van der Waals surface area contributed by atoms with Crippen molar-refractivity contribution in [1.29, 1.82) is 0 Å². The van der Waals surface area contributed by atoms with Gasteiger partial charge in [0, 0.05) is 18.8 Å². The van der Waals surface area contributed by atoms with Gasteiger partial charge < -0.3 is 4.57 Å². The summed E-state index contributed by atoms with van der Waals surface area (Å²) in [7, 11) is 0. The third kappa shape index (κ3) is 2.03. The van der Waals surface area contributed by atoms with Gasteiger partial charge in [0.25, 0.3) is 0 Å². The number of alkyl halides is 1. The van der Waals surface area contributed by atoms with E-state index < -0.39 is 0 Å². The molecular weight excluding hydrogens is 244 g/mol.